The molecule has 1 saturated heterocycles. The van der Waals surface area contributed by atoms with Gasteiger partial charge < -0.3 is 5.32 Å². The molecular weight excluding hydrogens is 446 g/mol. The molecule has 0 amide bonds. The number of likely N-dealkylation sites (tertiary alicyclic amines) is 1. The van der Waals surface area contributed by atoms with Gasteiger partial charge in [0.2, 0.25) is 16.0 Å². The minimum Gasteiger partial charge on any atom is -0.324 e. The van der Waals surface area contributed by atoms with Crippen molar-refractivity contribution in [1.82, 2.24) is 19.9 Å². The van der Waals surface area contributed by atoms with Crippen LogP contribution in [0.15, 0.2) is 36.0 Å². The molecule has 0 radical (unpaired) electrons. The van der Waals surface area contributed by atoms with Crippen LogP contribution in [0.5, 0.6) is 0 Å². The van der Waals surface area contributed by atoms with Crippen LogP contribution < -0.4 is 10.5 Å². The number of rotatable bonds is 6. The van der Waals surface area contributed by atoms with E-state index >= 15 is 0 Å². The molecule has 0 atom stereocenters. The maximum Gasteiger partial charge on any atom is 0.227 e. The highest BCUT2D eigenvalue weighted by Crippen LogP contribution is 2.25. The maximum atomic E-state index is 11.6. The zero-order valence-corrected chi connectivity index (χ0v) is 19.2. The van der Waals surface area contributed by atoms with Crippen LogP contribution in [-0.4, -0.2) is 46.6 Å². The van der Waals surface area contributed by atoms with Crippen molar-refractivity contribution in [1.29, 1.82) is 5.26 Å². The van der Waals surface area contributed by atoms with E-state index in [1.807, 2.05) is 19.1 Å². The summed E-state index contributed by atoms with van der Waals surface area (Å²) in [6.45, 7) is 4.13. The van der Waals surface area contributed by atoms with Crippen LogP contribution in [0.2, 0.25) is 0 Å². The van der Waals surface area contributed by atoms with Gasteiger partial charge in [-0.3, -0.25) is 4.90 Å². The standard InChI is InChI=1S/C21H23N7O2S2/c1-14-8-15(12-28-6-3-17(4-7-28)32(23,29)30)10-16(9-14)26-21-24-5-2-18(27-21)20-19(11-22)31-13-25-20/h2,5,8-10,13,17H,3-4,6-7,12H2,1H3,(H2,23,29,30)(H,24,26,27). The molecule has 3 aromatic rings. The Bertz CT molecular complexity index is 1260. The summed E-state index contributed by atoms with van der Waals surface area (Å²) in [6, 6.07) is 10.0. The molecule has 0 spiro atoms. The van der Waals surface area contributed by atoms with Gasteiger partial charge in [0.15, 0.2) is 0 Å². The number of anilines is 2. The molecule has 0 unspecified atom stereocenters. The summed E-state index contributed by atoms with van der Waals surface area (Å²) in [5, 5.41) is 17.3. The summed E-state index contributed by atoms with van der Waals surface area (Å²) in [6.07, 6.45) is 2.74. The third-order valence-corrected chi connectivity index (χ3v) is 7.50. The van der Waals surface area contributed by atoms with E-state index in [2.05, 4.69) is 37.3 Å². The number of piperidine rings is 1. The third-order valence-electron chi connectivity index (χ3n) is 5.37. The van der Waals surface area contributed by atoms with Crippen molar-refractivity contribution in [3.8, 4) is 17.5 Å². The van der Waals surface area contributed by atoms with Crippen molar-refractivity contribution in [3.63, 3.8) is 0 Å². The van der Waals surface area contributed by atoms with Gasteiger partial charge in [-0.2, -0.15) is 5.26 Å². The normalized spacial score (nSPS) is 15.4. The van der Waals surface area contributed by atoms with Gasteiger partial charge in [-0.05, 0) is 62.2 Å². The van der Waals surface area contributed by atoms with Gasteiger partial charge in [0, 0.05) is 18.4 Å². The van der Waals surface area contributed by atoms with Gasteiger partial charge in [-0.1, -0.05) is 6.07 Å². The molecule has 1 aromatic carbocycles. The highest BCUT2D eigenvalue weighted by atomic mass is 32.2. The highest BCUT2D eigenvalue weighted by Gasteiger charge is 2.27. The zero-order valence-electron chi connectivity index (χ0n) is 17.5. The third kappa shape index (κ3) is 5.28. The molecule has 4 rings (SSSR count). The maximum absolute atomic E-state index is 11.6. The summed E-state index contributed by atoms with van der Waals surface area (Å²) in [5.41, 5.74) is 5.83. The van der Waals surface area contributed by atoms with Crippen molar-refractivity contribution >= 4 is 33.0 Å². The lowest BCUT2D eigenvalue weighted by Crippen LogP contribution is -2.41. The van der Waals surface area contributed by atoms with E-state index in [4.69, 9.17) is 5.14 Å². The largest absolute Gasteiger partial charge is 0.324 e. The fourth-order valence-electron chi connectivity index (χ4n) is 3.87. The number of benzene rings is 1. The quantitative estimate of drug-likeness (QED) is 0.562. The van der Waals surface area contributed by atoms with Crippen molar-refractivity contribution in [2.24, 2.45) is 5.14 Å². The smallest absolute Gasteiger partial charge is 0.227 e. The first kappa shape index (κ1) is 22.3. The number of nitrogens with two attached hydrogens (primary N) is 1. The summed E-state index contributed by atoms with van der Waals surface area (Å²) >= 11 is 1.28. The second kappa shape index (κ2) is 9.30. The lowest BCUT2D eigenvalue weighted by atomic mass is 10.1. The van der Waals surface area contributed by atoms with Gasteiger partial charge >= 0.3 is 0 Å². The Morgan fingerprint density at radius 1 is 1.28 bits per heavy atom. The van der Waals surface area contributed by atoms with Crippen molar-refractivity contribution in [2.75, 3.05) is 18.4 Å². The first-order valence-corrected chi connectivity index (χ1v) is 12.6. The Morgan fingerprint density at radius 2 is 2.06 bits per heavy atom. The van der Waals surface area contributed by atoms with Crippen LogP contribution in [0.3, 0.4) is 0 Å². The molecule has 3 N–H and O–H groups in total. The minimum atomic E-state index is -3.47. The molecule has 1 fully saturated rings. The molecule has 0 bridgehead atoms. The van der Waals surface area contributed by atoms with Gasteiger partial charge in [-0.25, -0.2) is 28.5 Å². The number of primary sulfonamides is 1. The van der Waals surface area contributed by atoms with Gasteiger partial charge in [0.1, 0.15) is 16.6 Å². The zero-order chi connectivity index (χ0) is 22.7. The van der Waals surface area contributed by atoms with E-state index in [-0.39, 0.29) is 0 Å². The van der Waals surface area contributed by atoms with Crippen molar-refractivity contribution in [2.45, 2.75) is 31.6 Å². The fraction of sp³-hybridized carbons (Fsp3) is 0.333. The summed E-state index contributed by atoms with van der Waals surface area (Å²) in [7, 11) is -3.47. The van der Waals surface area contributed by atoms with Crippen molar-refractivity contribution in [3.05, 3.63) is 52.0 Å². The van der Waals surface area contributed by atoms with E-state index < -0.39 is 15.3 Å². The number of nitrogens with one attached hydrogen (secondary N) is 1. The number of nitriles is 1. The average molecular weight is 470 g/mol. The van der Waals surface area contributed by atoms with E-state index in [1.165, 1.54) is 11.3 Å². The highest BCUT2D eigenvalue weighted by molar-refractivity contribution is 7.89. The molecule has 0 saturated carbocycles. The molecule has 166 valence electrons. The molecule has 32 heavy (non-hydrogen) atoms. The molecule has 1 aliphatic rings. The van der Waals surface area contributed by atoms with Gasteiger partial charge in [0.05, 0.1) is 16.5 Å². The van der Waals surface area contributed by atoms with E-state index in [1.54, 1.807) is 17.8 Å². The number of thiazole rings is 1. The molecule has 3 heterocycles. The molecule has 2 aromatic heterocycles. The minimum absolute atomic E-state index is 0.421. The van der Waals surface area contributed by atoms with Crippen LogP contribution >= 0.6 is 11.3 Å². The Morgan fingerprint density at radius 3 is 2.78 bits per heavy atom. The predicted octanol–water partition coefficient (Wildman–Crippen LogP) is 2.78. The number of nitrogens with zero attached hydrogens (tertiary/aromatic N) is 5. The van der Waals surface area contributed by atoms with E-state index in [9.17, 15) is 13.7 Å². The van der Waals surface area contributed by atoms with Crippen LogP contribution in [0, 0.1) is 18.3 Å². The number of hydrogen-bond donors (Lipinski definition) is 2. The number of sulfonamides is 1. The Labute approximate surface area is 191 Å². The number of aromatic nitrogens is 3. The topological polar surface area (TPSA) is 138 Å². The first-order valence-electron chi connectivity index (χ1n) is 10.1. The molecule has 0 aliphatic carbocycles. The molecule has 11 heteroatoms. The fourth-order valence-corrected chi connectivity index (χ4v) is 5.32. The second-order valence-electron chi connectivity index (χ2n) is 7.80. The molecular formula is C21H23N7O2S2. The molecule has 1 aliphatic heterocycles. The van der Waals surface area contributed by atoms with Crippen LogP contribution in [-0.2, 0) is 16.6 Å². The average Bonchev–Trinajstić information content (AvgIpc) is 3.22. The lowest BCUT2D eigenvalue weighted by molar-refractivity contribution is 0.222. The van der Waals surface area contributed by atoms with Crippen LogP contribution in [0.25, 0.3) is 11.4 Å². The van der Waals surface area contributed by atoms with E-state index in [0.717, 1.165) is 23.4 Å². The SMILES string of the molecule is Cc1cc(CN2CCC(S(N)(=O)=O)CC2)cc(Nc2nccc(-c3ncsc3C#N)n2)c1. The van der Waals surface area contributed by atoms with Gasteiger partial charge in [-0.15, -0.1) is 11.3 Å². The summed E-state index contributed by atoms with van der Waals surface area (Å²) in [4.78, 5) is 15.8. The first-order chi connectivity index (χ1) is 15.3. The summed E-state index contributed by atoms with van der Waals surface area (Å²) < 4.78 is 23.1. The Hall–Kier alpha value is -2.91. The monoisotopic (exact) mass is 469 g/mol. The van der Waals surface area contributed by atoms with Crippen LogP contribution in [0.4, 0.5) is 11.6 Å². The lowest BCUT2D eigenvalue weighted by Gasteiger charge is -2.30. The number of hydrogen-bond acceptors (Lipinski definition) is 9. The van der Waals surface area contributed by atoms with Crippen molar-refractivity contribution < 1.29 is 8.42 Å². The summed E-state index contributed by atoms with van der Waals surface area (Å²) in [5.74, 6) is 0.421. The van der Waals surface area contributed by atoms with Crippen LogP contribution in [0.1, 0.15) is 28.8 Å². The second-order valence-corrected chi connectivity index (χ2v) is 10.5. The Balaban J connectivity index is 1.47. The predicted molar refractivity (Wildman–Crippen MR) is 124 cm³/mol. The van der Waals surface area contributed by atoms with E-state index in [0.29, 0.717) is 48.1 Å². The van der Waals surface area contributed by atoms with Gasteiger partial charge in [0.25, 0.3) is 0 Å². The Kier molecular flexibility index (Phi) is 6.48. The molecule has 9 nitrogen and oxygen atoms in total. The number of aryl methyl sites for hydroxylation is 1.